The summed E-state index contributed by atoms with van der Waals surface area (Å²) in [7, 11) is 0. The second-order valence-electron chi connectivity index (χ2n) is 5.06. The summed E-state index contributed by atoms with van der Waals surface area (Å²) in [5.74, 6) is -1.28. The Morgan fingerprint density at radius 1 is 1.09 bits per heavy atom. The Bertz CT molecular complexity index is 855. The van der Waals surface area contributed by atoms with E-state index in [2.05, 4.69) is 10.3 Å². The highest BCUT2D eigenvalue weighted by atomic mass is 19.1. The minimum absolute atomic E-state index is 0.0477. The Hall–Kier alpha value is -2.69. The molecule has 0 aliphatic heterocycles. The van der Waals surface area contributed by atoms with Crippen molar-refractivity contribution in [1.82, 2.24) is 10.3 Å². The standard InChI is InChI=1S/C17H14F2N2O/c1-10-15(16-13(19)7-4-8-14(16)21-10)17(22)20-9-11-5-2-3-6-12(11)18/h2-8,21H,9H2,1H3,(H,20,22). The van der Waals surface area contributed by atoms with Crippen molar-refractivity contribution < 1.29 is 13.6 Å². The number of hydrogen-bond acceptors (Lipinski definition) is 1. The molecule has 0 radical (unpaired) electrons. The number of rotatable bonds is 3. The zero-order chi connectivity index (χ0) is 15.7. The largest absolute Gasteiger partial charge is 0.358 e. The number of amides is 1. The van der Waals surface area contributed by atoms with Crippen LogP contribution in [0, 0.1) is 18.6 Å². The van der Waals surface area contributed by atoms with Gasteiger partial charge in [0.1, 0.15) is 11.6 Å². The van der Waals surface area contributed by atoms with Crippen LogP contribution in [0.2, 0.25) is 0 Å². The van der Waals surface area contributed by atoms with Crippen molar-refractivity contribution in [1.29, 1.82) is 0 Å². The lowest BCUT2D eigenvalue weighted by Gasteiger charge is -2.07. The molecule has 1 amide bonds. The summed E-state index contributed by atoms with van der Waals surface area (Å²) in [5, 5.41) is 2.89. The third-order valence-corrected chi connectivity index (χ3v) is 3.59. The molecule has 0 spiro atoms. The molecule has 2 N–H and O–H groups in total. The van der Waals surface area contributed by atoms with E-state index >= 15 is 0 Å². The molecule has 0 aliphatic carbocycles. The molecule has 112 valence electrons. The van der Waals surface area contributed by atoms with Crippen molar-refractivity contribution in [2.45, 2.75) is 13.5 Å². The molecule has 0 unspecified atom stereocenters. The van der Waals surface area contributed by atoms with Gasteiger partial charge in [0.05, 0.1) is 5.56 Å². The molecule has 3 aromatic rings. The fourth-order valence-electron chi connectivity index (χ4n) is 2.52. The maximum Gasteiger partial charge on any atom is 0.254 e. The number of H-pyrrole nitrogens is 1. The average molecular weight is 300 g/mol. The topological polar surface area (TPSA) is 44.9 Å². The number of nitrogens with one attached hydrogen (secondary N) is 2. The highest BCUT2D eigenvalue weighted by Crippen LogP contribution is 2.24. The van der Waals surface area contributed by atoms with Gasteiger partial charge in [-0.2, -0.15) is 0 Å². The van der Waals surface area contributed by atoms with Gasteiger partial charge >= 0.3 is 0 Å². The van der Waals surface area contributed by atoms with Gasteiger partial charge in [0.25, 0.3) is 5.91 Å². The fourth-order valence-corrected chi connectivity index (χ4v) is 2.52. The van der Waals surface area contributed by atoms with E-state index in [4.69, 9.17) is 0 Å². The lowest BCUT2D eigenvalue weighted by Crippen LogP contribution is -2.24. The molecule has 0 saturated heterocycles. The van der Waals surface area contributed by atoms with Gasteiger partial charge in [-0.25, -0.2) is 8.78 Å². The SMILES string of the molecule is Cc1[nH]c2cccc(F)c2c1C(=O)NCc1ccccc1F. The molecule has 3 rings (SSSR count). The van der Waals surface area contributed by atoms with Gasteiger partial charge in [-0.1, -0.05) is 24.3 Å². The average Bonchev–Trinajstić information content (AvgIpc) is 2.83. The Morgan fingerprint density at radius 3 is 2.59 bits per heavy atom. The molecule has 0 atom stereocenters. The van der Waals surface area contributed by atoms with Crippen molar-refractivity contribution in [3.8, 4) is 0 Å². The number of carbonyl (C=O) groups excluding carboxylic acids is 1. The summed E-state index contributed by atoms with van der Waals surface area (Å²) in [4.78, 5) is 15.3. The Labute approximate surface area is 126 Å². The van der Waals surface area contributed by atoms with Crippen LogP contribution in [0.3, 0.4) is 0 Å². The summed E-state index contributed by atoms with van der Waals surface area (Å²) in [6.45, 7) is 1.75. The molecule has 0 aliphatic rings. The van der Waals surface area contributed by atoms with Gasteiger partial charge in [0.15, 0.2) is 0 Å². The number of fused-ring (bicyclic) bond motifs is 1. The van der Waals surface area contributed by atoms with Crippen molar-refractivity contribution in [3.63, 3.8) is 0 Å². The minimum atomic E-state index is -0.460. The second kappa shape index (κ2) is 5.60. The zero-order valence-electron chi connectivity index (χ0n) is 11.9. The quantitative estimate of drug-likeness (QED) is 0.761. The lowest BCUT2D eigenvalue weighted by atomic mass is 10.1. The molecule has 5 heteroatoms. The number of aromatic amines is 1. The van der Waals surface area contributed by atoms with Gasteiger partial charge < -0.3 is 10.3 Å². The van der Waals surface area contributed by atoms with Gasteiger partial charge in [-0.3, -0.25) is 4.79 Å². The number of benzene rings is 2. The Morgan fingerprint density at radius 2 is 1.82 bits per heavy atom. The maximum atomic E-state index is 14.0. The zero-order valence-corrected chi connectivity index (χ0v) is 11.9. The van der Waals surface area contributed by atoms with Crippen molar-refractivity contribution >= 4 is 16.8 Å². The number of halogens is 2. The van der Waals surface area contributed by atoms with Gasteiger partial charge in [-0.05, 0) is 25.1 Å². The third-order valence-electron chi connectivity index (χ3n) is 3.59. The summed E-state index contributed by atoms with van der Waals surface area (Å²) in [6.07, 6.45) is 0. The van der Waals surface area contributed by atoms with Crippen LogP contribution in [0.25, 0.3) is 10.9 Å². The fraction of sp³-hybridized carbons (Fsp3) is 0.118. The molecule has 1 aromatic heterocycles. The van der Waals surface area contributed by atoms with E-state index in [1.807, 2.05) is 0 Å². The van der Waals surface area contributed by atoms with Crippen LogP contribution in [-0.2, 0) is 6.54 Å². The van der Waals surface area contributed by atoms with Crippen LogP contribution in [0.1, 0.15) is 21.6 Å². The van der Waals surface area contributed by atoms with E-state index in [0.717, 1.165) is 0 Å². The lowest BCUT2D eigenvalue weighted by molar-refractivity contribution is 0.0951. The summed E-state index contributed by atoms with van der Waals surface area (Å²) >= 11 is 0. The Balaban J connectivity index is 1.90. The minimum Gasteiger partial charge on any atom is -0.358 e. The second-order valence-corrected chi connectivity index (χ2v) is 5.06. The Kier molecular flexibility index (Phi) is 3.63. The van der Waals surface area contributed by atoms with Crippen LogP contribution >= 0.6 is 0 Å². The number of carbonyl (C=O) groups is 1. The van der Waals surface area contributed by atoms with Crippen molar-refractivity contribution in [2.24, 2.45) is 0 Å². The van der Waals surface area contributed by atoms with Crippen LogP contribution in [0.4, 0.5) is 8.78 Å². The van der Waals surface area contributed by atoms with Crippen molar-refractivity contribution in [3.05, 3.63) is 70.9 Å². The first-order chi connectivity index (χ1) is 10.6. The van der Waals surface area contributed by atoms with Gasteiger partial charge in [0, 0.05) is 28.7 Å². The molecular formula is C17H14F2N2O. The third kappa shape index (κ3) is 2.45. The van der Waals surface area contributed by atoms with E-state index in [1.165, 1.54) is 12.1 Å². The predicted octanol–water partition coefficient (Wildman–Crippen LogP) is 3.68. The van der Waals surface area contributed by atoms with Gasteiger partial charge in [-0.15, -0.1) is 0 Å². The predicted molar refractivity (Wildman–Crippen MR) is 80.6 cm³/mol. The van der Waals surface area contributed by atoms with Crippen LogP contribution in [0.15, 0.2) is 42.5 Å². The molecule has 0 saturated carbocycles. The van der Waals surface area contributed by atoms with E-state index in [-0.39, 0.29) is 23.3 Å². The van der Waals surface area contributed by atoms with E-state index in [0.29, 0.717) is 16.8 Å². The van der Waals surface area contributed by atoms with Crippen LogP contribution in [0.5, 0.6) is 0 Å². The molecule has 0 fully saturated rings. The summed E-state index contributed by atoms with van der Waals surface area (Å²) in [5.41, 5.74) is 1.78. The molecule has 2 aromatic carbocycles. The maximum absolute atomic E-state index is 14.0. The van der Waals surface area contributed by atoms with Crippen LogP contribution in [-0.4, -0.2) is 10.9 Å². The van der Waals surface area contributed by atoms with Gasteiger partial charge in [0.2, 0.25) is 0 Å². The van der Waals surface area contributed by atoms with E-state index < -0.39 is 11.7 Å². The first kappa shape index (κ1) is 14.3. The highest BCUT2D eigenvalue weighted by molar-refractivity contribution is 6.08. The number of aromatic nitrogens is 1. The monoisotopic (exact) mass is 300 g/mol. The number of hydrogen-bond donors (Lipinski definition) is 2. The number of aryl methyl sites for hydroxylation is 1. The van der Waals surface area contributed by atoms with Crippen LogP contribution < -0.4 is 5.32 Å². The first-order valence-electron chi connectivity index (χ1n) is 6.86. The summed E-state index contributed by atoms with van der Waals surface area (Å²) < 4.78 is 27.5. The molecule has 22 heavy (non-hydrogen) atoms. The van der Waals surface area contributed by atoms with Crippen molar-refractivity contribution in [2.75, 3.05) is 0 Å². The summed E-state index contributed by atoms with van der Waals surface area (Å²) in [6, 6.07) is 10.8. The smallest absolute Gasteiger partial charge is 0.254 e. The molecular weight excluding hydrogens is 286 g/mol. The van der Waals surface area contributed by atoms with E-state index in [9.17, 15) is 13.6 Å². The molecule has 3 nitrogen and oxygen atoms in total. The molecule has 1 heterocycles. The van der Waals surface area contributed by atoms with E-state index in [1.54, 1.807) is 37.3 Å². The normalized spacial score (nSPS) is 10.9. The molecule has 0 bridgehead atoms. The first-order valence-corrected chi connectivity index (χ1v) is 6.86. The highest BCUT2D eigenvalue weighted by Gasteiger charge is 2.18.